The van der Waals surface area contributed by atoms with E-state index in [1.54, 1.807) is 24.3 Å². The second-order valence-corrected chi connectivity index (χ2v) is 15.7. The molecule has 4 fully saturated rings. The first-order valence-electron chi connectivity index (χ1n) is 15.8. The Bertz CT molecular complexity index is 1460. The maximum absolute atomic E-state index is 14.5. The molecule has 0 spiro atoms. The lowest BCUT2D eigenvalue weighted by Crippen LogP contribution is -2.53. The highest BCUT2D eigenvalue weighted by Gasteiger charge is 2.57. The van der Waals surface area contributed by atoms with Gasteiger partial charge in [-0.1, -0.05) is 18.6 Å². The summed E-state index contributed by atoms with van der Waals surface area (Å²) in [6, 6.07) is 14.0. The zero-order valence-corrected chi connectivity index (χ0v) is 26.2. The number of rotatable bonds is 11. The van der Waals surface area contributed by atoms with Crippen molar-refractivity contribution in [2.24, 2.45) is 23.7 Å². The molecular weight excluding hydrogens is 585 g/mol. The summed E-state index contributed by atoms with van der Waals surface area (Å²) in [7, 11) is -3.16. The van der Waals surface area contributed by atoms with Gasteiger partial charge in [-0.3, -0.25) is 4.79 Å². The number of piperidine rings is 1. The molecule has 43 heavy (non-hydrogen) atoms. The molecule has 2 aromatic rings. The Morgan fingerprint density at radius 1 is 1.02 bits per heavy atom. The largest absolute Gasteiger partial charge is 0.371 e. The van der Waals surface area contributed by atoms with E-state index >= 15 is 0 Å². The number of hydrogen-bond donors (Lipinski definition) is 0. The highest BCUT2D eigenvalue weighted by molar-refractivity contribution is 7.92. The zero-order valence-electron chi connectivity index (χ0n) is 24.6. The first-order chi connectivity index (χ1) is 20.7. The van der Waals surface area contributed by atoms with Crippen LogP contribution in [0.3, 0.4) is 0 Å². The van der Waals surface area contributed by atoms with Gasteiger partial charge in [0.15, 0.2) is 9.84 Å². The summed E-state index contributed by atoms with van der Waals surface area (Å²) in [6.45, 7) is 13.2. The van der Waals surface area contributed by atoms with Gasteiger partial charge in [-0.05, 0) is 93.9 Å². The van der Waals surface area contributed by atoms with E-state index in [1.807, 2.05) is 18.2 Å². The van der Waals surface area contributed by atoms with Crippen LogP contribution in [0.4, 0.5) is 10.1 Å². The number of hydrogen-bond acceptors (Lipinski definition) is 5. The average Bonchev–Trinajstić information content (AvgIpc) is 3.77. The highest BCUT2D eigenvalue weighted by atomic mass is 35.5. The molecule has 2 saturated carbocycles. The lowest BCUT2D eigenvalue weighted by molar-refractivity contribution is -0.118. The van der Waals surface area contributed by atoms with E-state index in [0.717, 1.165) is 88.9 Å². The second kappa shape index (κ2) is 12.5. The predicted molar refractivity (Wildman–Crippen MR) is 167 cm³/mol. The van der Waals surface area contributed by atoms with Gasteiger partial charge in [-0.15, -0.1) is 11.6 Å². The number of alkyl halides is 1. The van der Waals surface area contributed by atoms with Gasteiger partial charge >= 0.3 is 0 Å². The van der Waals surface area contributed by atoms with Crippen LogP contribution in [0.5, 0.6) is 0 Å². The van der Waals surface area contributed by atoms with Gasteiger partial charge in [0.2, 0.25) is 0 Å². The number of Topliss-reactive ketones (excluding diaryl/α,β-unsaturated/α-hetero) is 1. The van der Waals surface area contributed by atoms with Crippen molar-refractivity contribution in [3.63, 3.8) is 0 Å². The van der Waals surface area contributed by atoms with E-state index in [9.17, 15) is 17.6 Å². The van der Waals surface area contributed by atoms with E-state index in [2.05, 4.69) is 14.6 Å². The minimum Gasteiger partial charge on any atom is -0.371 e. The molecule has 2 aromatic carbocycles. The third-order valence-electron chi connectivity index (χ3n) is 10.5. The molecule has 6 rings (SSSR count). The normalized spacial score (nSPS) is 25.2. The molecule has 0 aromatic heterocycles. The Labute approximate surface area is 260 Å². The van der Waals surface area contributed by atoms with E-state index in [0.29, 0.717) is 17.2 Å². The van der Waals surface area contributed by atoms with Crippen molar-refractivity contribution in [3.05, 3.63) is 71.3 Å². The Balaban J connectivity index is 1.09. The van der Waals surface area contributed by atoms with Crippen LogP contribution in [-0.4, -0.2) is 63.0 Å². The van der Waals surface area contributed by atoms with Crippen molar-refractivity contribution in [2.75, 3.05) is 43.5 Å². The van der Waals surface area contributed by atoms with Crippen molar-refractivity contribution < 1.29 is 17.6 Å². The number of carbonyl (C=O) groups excluding carboxylic acids is 1. The van der Waals surface area contributed by atoms with Crippen molar-refractivity contribution in [3.8, 4) is 0 Å². The molecule has 0 unspecified atom stereocenters. The van der Waals surface area contributed by atoms with Crippen molar-refractivity contribution in [1.82, 2.24) is 4.90 Å². The molecule has 0 bridgehead atoms. The lowest BCUT2D eigenvalue weighted by atomic mass is 9.63. The summed E-state index contributed by atoms with van der Waals surface area (Å²) in [5.74, 6) is 0.470. The molecule has 230 valence electrons. The molecule has 6 nitrogen and oxygen atoms in total. The van der Waals surface area contributed by atoms with Crippen molar-refractivity contribution in [1.29, 1.82) is 0 Å². The molecule has 0 N–H and O–H groups in total. The molecule has 2 heterocycles. The number of sulfone groups is 1. The third-order valence-corrected chi connectivity index (χ3v) is 13.1. The Hall–Kier alpha value is -2.47. The Morgan fingerprint density at radius 3 is 2.37 bits per heavy atom. The molecule has 9 heteroatoms. The average molecular weight is 626 g/mol. The summed E-state index contributed by atoms with van der Waals surface area (Å²) in [5, 5.41) is -0.190. The van der Waals surface area contributed by atoms with Crippen LogP contribution in [-0.2, 0) is 20.2 Å². The number of nitrogens with zero attached hydrogens (tertiary/aromatic N) is 3. The number of anilines is 1. The quantitative estimate of drug-likeness (QED) is 0.215. The summed E-state index contributed by atoms with van der Waals surface area (Å²) in [4.78, 5) is 22.0. The van der Waals surface area contributed by atoms with E-state index < -0.39 is 15.4 Å². The standard InChI is InChI=1S/C34H41ClFN3O3S/c1-37-34(27-5-3-6-28(36)19-27,33-7-2-4-25(33)18-30(40)20-35)26-14-16-38(17-15-26)21-24-22-39(23-24)29-8-10-31(11-9-29)43(41,42)32-12-13-32/h3,5-6,8-11,19,24-26,32-33H,2,4,7,12-18,20-23H2/t25-,33+,34-/m1/s1. The molecule has 4 aliphatic rings. The number of ketones is 1. The summed E-state index contributed by atoms with van der Waals surface area (Å²) in [5.41, 5.74) is 0.996. The Kier molecular flexibility index (Phi) is 8.88. The van der Waals surface area contributed by atoms with Gasteiger partial charge in [0, 0.05) is 55.1 Å². The molecular formula is C34H41ClFN3O3S. The van der Waals surface area contributed by atoms with E-state index in [-0.39, 0.29) is 40.5 Å². The predicted octanol–water partition coefficient (Wildman–Crippen LogP) is 6.34. The first-order valence-corrected chi connectivity index (χ1v) is 17.9. The van der Waals surface area contributed by atoms with Gasteiger partial charge in [-0.2, -0.15) is 0 Å². The molecule has 2 aliphatic heterocycles. The van der Waals surface area contributed by atoms with Crippen LogP contribution in [0.15, 0.2) is 53.4 Å². The molecule has 0 amide bonds. The fourth-order valence-electron chi connectivity index (χ4n) is 8.17. The lowest BCUT2D eigenvalue weighted by Gasteiger charge is -2.46. The molecule has 2 aliphatic carbocycles. The van der Waals surface area contributed by atoms with Gasteiger partial charge in [-0.25, -0.2) is 19.4 Å². The van der Waals surface area contributed by atoms with Gasteiger partial charge in [0.05, 0.1) is 16.0 Å². The monoisotopic (exact) mass is 625 g/mol. The van der Waals surface area contributed by atoms with Crippen molar-refractivity contribution >= 4 is 32.9 Å². The maximum Gasteiger partial charge on any atom is 0.263 e. The summed E-state index contributed by atoms with van der Waals surface area (Å²) in [6.07, 6.45) is 6.47. The SMILES string of the molecule is [C-]#[N+][C@@](c1cccc(F)c1)(C1CCN(CC2CN(c3ccc(S(=O)(=O)C4CC4)cc3)C2)CC1)[C@H]1CCC[C@@H]1CC(=O)CCl. The minimum absolute atomic E-state index is 0.00117. The summed E-state index contributed by atoms with van der Waals surface area (Å²) >= 11 is 5.88. The minimum atomic E-state index is -3.16. The smallest absolute Gasteiger partial charge is 0.263 e. The van der Waals surface area contributed by atoms with Crippen LogP contribution in [0, 0.1) is 36.1 Å². The molecule has 3 atom stereocenters. The van der Waals surface area contributed by atoms with E-state index in [4.69, 9.17) is 18.2 Å². The van der Waals surface area contributed by atoms with Crippen LogP contribution < -0.4 is 4.90 Å². The summed E-state index contributed by atoms with van der Waals surface area (Å²) < 4.78 is 39.6. The van der Waals surface area contributed by atoms with Gasteiger partial charge in [0.25, 0.3) is 5.54 Å². The van der Waals surface area contributed by atoms with Crippen LogP contribution in [0.25, 0.3) is 4.85 Å². The van der Waals surface area contributed by atoms with E-state index in [1.165, 1.54) is 6.07 Å². The number of benzene rings is 2. The molecule has 2 saturated heterocycles. The number of likely N-dealkylation sites (tertiary alicyclic amines) is 1. The van der Waals surface area contributed by atoms with Crippen LogP contribution >= 0.6 is 11.6 Å². The number of carbonyl (C=O) groups is 1. The van der Waals surface area contributed by atoms with Gasteiger partial charge in [0.1, 0.15) is 11.6 Å². The van der Waals surface area contributed by atoms with Gasteiger partial charge < -0.3 is 14.6 Å². The van der Waals surface area contributed by atoms with Crippen molar-refractivity contribution in [2.45, 2.75) is 67.1 Å². The third kappa shape index (κ3) is 6.10. The molecule has 0 radical (unpaired) electrons. The van der Waals surface area contributed by atoms with Crippen LogP contribution in [0.1, 0.15) is 56.9 Å². The Morgan fingerprint density at radius 2 is 1.74 bits per heavy atom. The second-order valence-electron chi connectivity index (χ2n) is 13.2. The topological polar surface area (TPSA) is 62.1 Å². The maximum atomic E-state index is 14.5. The van der Waals surface area contributed by atoms with Crippen LogP contribution in [0.2, 0.25) is 0 Å². The highest BCUT2D eigenvalue weighted by Crippen LogP contribution is 2.54. The first kappa shape index (κ1) is 30.6. The fourth-order valence-corrected chi connectivity index (χ4v) is 9.94. The zero-order chi connectivity index (χ0) is 30.2. The number of halogens is 2. The fraction of sp³-hybridized carbons (Fsp3) is 0.588.